The number of nitrogens with zero attached hydrogens (tertiary/aromatic N) is 2. The number of carbonyl (C=O) groups is 1. The number of hydrogen-bond acceptors (Lipinski definition) is 5. The second-order valence-corrected chi connectivity index (χ2v) is 7.25. The fraction of sp³-hybridized carbons (Fsp3) is 0.333. The van der Waals surface area contributed by atoms with Gasteiger partial charge in [-0.05, 0) is 38.0 Å². The summed E-state index contributed by atoms with van der Waals surface area (Å²) in [6.07, 6.45) is 4.10. The van der Waals surface area contributed by atoms with E-state index in [0.29, 0.717) is 17.6 Å². The number of aryl methyl sites for hydroxylation is 3. The Bertz CT molecular complexity index is 962. The molecule has 3 aromatic rings. The van der Waals surface area contributed by atoms with Crippen LogP contribution in [0.3, 0.4) is 0 Å². The van der Waals surface area contributed by atoms with Crippen LogP contribution in [0, 0.1) is 13.8 Å². The van der Waals surface area contributed by atoms with Crippen molar-refractivity contribution in [1.82, 2.24) is 20.3 Å². The maximum absolute atomic E-state index is 12.2. The second-order valence-electron chi connectivity index (χ2n) is 6.05. The Morgan fingerprint density at radius 2 is 2.20 bits per heavy atom. The van der Waals surface area contributed by atoms with Crippen LogP contribution >= 0.6 is 11.3 Å². The van der Waals surface area contributed by atoms with Crippen molar-refractivity contribution < 1.29 is 4.79 Å². The smallest absolute Gasteiger partial charge is 0.259 e. The molecule has 1 atom stereocenters. The third kappa shape index (κ3) is 3.76. The molecule has 3 rings (SSSR count). The molecule has 0 saturated heterocycles. The first-order valence-electron chi connectivity index (χ1n) is 8.14. The number of pyridine rings is 1. The van der Waals surface area contributed by atoms with Gasteiger partial charge in [-0.15, -0.1) is 11.3 Å². The number of rotatable bonds is 5. The van der Waals surface area contributed by atoms with E-state index in [9.17, 15) is 9.59 Å². The van der Waals surface area contributed by atoms with E-state index >= 15 is 0 Å². The fourth-order valence-corrected chi connectivity index (χ4v) is 3.73. The summed E-state index contributed by atoms with van der Waals surface area (Å²) >= 11 is 1.51. The number of H-pyrrole nitrogens is 1. The van der Waals surface area contributed by atoms with Gasteiger partial charge in [-0.3, -0.25) is 14.6 Å². The number of aromatic amines is 1. The first-order valence-corrected chi connectivity index (χ1v) is 8.95. The van der Waals surface area contributed by atoms with E-state index in [4.69, 9.17) is 0 Å². The maximum Gasteiger partial charge on any atom is 0.259 e. The van der Waals surface area contributed by atoms with Crippen molar-refractivity contribution in [2.24, 2.45) is 0 Å². The highest BCUT2D eigenvalue weighted by atomic mass is 32.1. The Hall–Kier alpha value is -2.54. The van der Waals surface area contributed by atoms with Gasteiger partial charge in [-0.1, -0.05) is 6.07 Å². The monoisotopic (exact) mass is 356 g/mol. The minimum absolute atomic E-state index is 0.0855. The predicted octanol–water partition coefficient (Wildman–Crippen LogP) is 2.81. The van der Waals surface area contributed by atoms with Crippen LogP contribution in [0.2, 0.25) is 0 Å². The van der Waals surface area contributed by atoms with E-state index in [1.807, 2.05) is 32.9 Å². The van der Waals surface area contributed by atoms with Gasteiger partial charge in [0.15, 0.2) is 0 Å². The Balaban J connectivity index is 1.66. The second kappa shape index (κ2) is 7.14. The summed E-state index contributed by atoms with van der Waals surface area (Å²) in [5.41, 5.74) is 1.79. The number of aromatic nitrogens is 3. The first-order chi connectivity index (χ1) is 12.0. The largest absolute Gasteiger partial charge is 0.350 e. The van der Waals surface area contributed by atoms with Crippen LogP contribution in [0.4, 0.5) is 0 Å². The molecule has 2 N–H and O–H groups in total. The Kier molecular flexibility index (Phi) is 4.94. The van der Waals surface area contributed by atoms with Gasteiger partial charge in [0.05, 0.1) is 11.4 Å². The lowest BCUT2D eigenvalue weighted by Gasteiger charge is -2.13. The van der Waals surface area contributed by atoms with E-state index in [-0.39, 0.29) is 23.9 Å². The lowest BCUT2D eigenvalue weighted by Crippen LogP contribution is -2.27. The Morgan fingerprint density at radius 3 is 2.92 bits per heavy atom. The van der Waals surface area contributed by atoms with Gasteiger partial charge < -0.3 is 10.3 Å². The first kappa shape index (κ1) is 17.3. The van der Waals surface area contributed by atoms with E-state index in [1.165, 1.54) is 11.3 Å². The molecule has 6 nitrogen and oxygen atoms in total. The molecule has 3 heterocycles. The van der Waals surface area contributed by atoms with Crippen molar-refractivity contribution in [2.75, 3.05) is 0 Å². The molecule has 0 fully saturated rings. The third-order valence-corrected chi connectivity index (χ3v) is 5.34. The van der Waals surface area contributed by atoms with Gasteiger partial charge in [0.2, 0.25) is 5.91 Å². The minimum Gasteiger partial charge on any atom is -0.350 e. The number of carbonyl (C=O) groups excluding carboxylic acids is 1. The summed E-state index contributed by atoms with van der Waals surface area (Å²) < 4.78 is 0. The van der Waals surface area contributed by atoms with Crippen LogP contribution in [0.25, 0.3) is 10.2 Å². The van der Waals surface area contributed by atoms with Crippen LogP contribution in [-0.2, 0) is 11.2 Å². The zero-order valence-electron chi connectivity index (χ0n) is 14.4. The zero-order chi connectivity index (χ0) is 18.0. The fourth-order valence-electron chi connectivity index (χ4n) is 2.68. The van der Waals surface area contributed by atoms with Crippen molar-refractivity contribution in [1.29, 1.82) is 0 Å². The van der Waals surface area contributed by atoms with E-state index < -0.39 is 0 Å². The average molecular weight is 356 g/mol. The van der Waals surface area contributed by atoms with Crippen LogP contribution in [-0.4, -0.2) is 20.9 Å². The number of thiophene rings is 1. The summed E-state index contributed by atoms with van der Waals surface area (Å²) in [5, 5.41) is 3.59. The molecule has 130 valence electrons. The predicted molar refractivity (Wildman–Crippen MR) is 98.8 cm³/mol. The number of hydrogen-bond donors (Lipinski definition) is 2. The minimum atomic E-state index is -0.133. The molecule has 1 amide bonds. The molecule has 0 bridgehead atoms. The topological polar surface area (TPSA) is 87.7 Å². The highest BCUT2D eigenvalue weighted by molar-refractivity contribution is 7.18. The lowest BCUT2D eigenvalue weighted by atomic mass is 10.1. The molecule has 0 aromatic carbocycles. The highest BCUT2D eigenvalue weighted by Crippen LogP contribution is 2.25. The third-order valence-electron chi connectivity index (χ3n) is 4.24. The maximum atomic E-state index is 12.2. The van der Waals surface area contributed by atoms with E-state index in [2.05, 4.69) is 20.3 Å². The quantitative estimate of drug-likeness (QED) is 0.736. The van der Waals surface area contributed by atoms with Gasteiger partial charge in [0.1, 0.15) is 10.7 Å². The molecule has 0 saturated carbocycles. The molecule has 7 heteroatoms. The van der Waals surface area contributed by atoms with Gasteiger partial charge in [-0.2, -0.15) is 0 Å². The normalized spacial score (nSPS) is 12.3. The molecule has 0 spiro atoms. The zero-order valence-corrected chi connectivity index (χ0v) is 15.2. The standard InChI is InChI=1S/C18H20N4O2S/c1-10-12(3)25-18-16(10)17(24)21-14(22-18)6-7-15(23)20-11(2)13-5-4-8-19-9-13/h4-5,8-9,11H,6-7H2,1-3H3,(H,20,23)(H,21,22,24). The van der Waals surface area contributed by atoms with Crippen molar-refractivity contribution >= 4 is 27.5 Å². The SMILES string of the molecule is Cc1sc2nc(CCC(=O)NC(C)c3cccnc3)[nH]c(=O)c2c1C. The molecule has 25 heavy (non-hydrogen) atoms. The summed E-state index contributed by atoms with van der Waals surface area (Å²) in [6, 6.07) is 3.65. The average Bonchev–Trinajstić information content (AvgIpc) is 2.88. The van der Waals surface area contributed by atoms with Crippen molar-refractivity contribution in [2.45, 2.75) is 39.7 Å². The molecule has 0 radical (unpaired) electrons. The summed E-state index contributed by atoms with van der Waals surface area (Å²) in [6.45, 7) is 5.82. The van der Waals surface area contributed by atoms with Crippen molar-refractivity contribution in [3.05, 3.63) is 56.7 Å². The number of amides is 1. The molecule has 3 aromatic heterocycles. The summed E-state index contributed by atoms with van der Waals surface area (Å²) in [7, 11) is 0. The van der Waals surface area contributed by atoms with Crippen molar-refractivity contribution in [3.63, 3.8) is 0 Å². The highest BCUT2D eigenvalue weighted by Gasteiger charge is 2.14. The summed E-state index contributed by atoms with van der Waals surface area (Å²) in [5.74, 6) is 0.459. The van der Waals surface area contributed by atoms with Crippen LogP contribution in [0.1, 0.15) is 41.2 Å². The molecule has 1 unspecified atom stereocenters. The molecular formula is C18H20N4O2S. The van der Waals surface area contributed by atoms with E-state index in [1.54, 1.807) is 12.4 Å². The van der Waals surface area contributed by atoms with E-state index in [0.717, 1.165) is 20.8 Å². The molecule has 0 aliphatic carbocycles. The van der Waals surface area contributed by atoms with Gasteiger partial charge in [0, 0.05) is 30.1 Å². The summed E-state index contributed by atoms with van der Waals surface area (Å²) in [4.78, 5) is 37.6. The number of nitrogens with one attached hydrogen (secondary N) is 2. The number of fused-ring (bicyclic) bond motifs is 1. The van der Waals surface area contributed by atoms with Gasteiger partial charge in [0.25, 0.3) is 5.56 Å². The van der Waals surface area contributed by atoms with Crippen molar-refractivity contribution in [3.8, 4) is 0 Å². The Morgan fingerprint density at radius 1 is 1.40 bits per heavy atom. The molecule has 0 aliphatic heterocycles. The van der Waals surface area contributed by atoms with Gasteiger partial charge in [-0.25, -0.2) is 4.98 Å². The molecular weight excluding hydrogens is 336 g/mol. The van der Waals surface area contributed by atoms with Crippen LogP contribution in [0.5, 0.6) is 0 Å². The molecule has 0 aliphatic rings. The van der Waals surface area contributed by atoms with Crippen LogP contribution in [0.15, 0.2) is 29.3 Å². The lowest BCUT2D eigenvalue weighted by molar-refractivity contribution is -0.121. The van der Waals surface area contributed by atoms with Crippen LogP contribution < -0.4 is 10.9 Å². The Labute approximate surface area is 149 Å². The van der Waals surface area contributed by atoms with Gasteiger partial charge >= 0.3 is 0 Å².